The summed E-state index contributed by atoms with van der Waals surface area (Å²) in [6.45, 7) is 1.78. The van der Waals surface area contributed by atoms with E-state index in [1.807, 2.05) is 0 Å². The molecule has 1 aromatic carbocycles. The SMILES string of the molecule is O=C(Nc1ccc(F)cc1)C1CCNCC1.O=C(O)C(F)(F)F. The average Bonchev–Trinajstić information content (AvgIpc) is 2.50. The van der Waals surface area contributed by atoms with E-state index in [4.69, 9.17) is 9.90 Å². The number of carboxylic acids is 1. The summed E-state index contributed by atoms with van der Waals surface area (Å²) in [6.07, 6.45) is -3.35. The molecule has 3 N–H and O–H groups in total. The van der Waals surface area contributed by atoms with Crippen LogP contribution in [0, 0.1) is 11.7 Å². The second kappa shape index (κ2) is 8.47. The number of anilines is 1. The molecule has 1 aliphatic heterocycles. The second-order valence-electron chi connectivity index (χ2n) is 4.82. The van der Waals surface area contributed by atoms with Gasteiger partial charge in [0.1, 0.15) is 5.82 Å². The highest BCUT2D eigenvalue weighted by Gasteiger charge is 2.38. The van der Waals surface area contributed by atoms with E-state index in [2.05, 4.69) is 10.6 Å². The van der Waals surface area contributed by atoms with Gasteiger partial charge in [0, 0.05) is 11.6 Å². The van der Waals surface area contributed by atoms with Crippen molar-refractivity contribution in [1.29, 1.82) is 0 Å². The smallest absolute Gasteiger partial charge is 0.475 e. The molecule has 2 rings (SSSR count). The predicted octanol–water partition coefficient (Wildman–Crippen LogP) is 2.40. The molecule has 1 fully saturated rings. The predicted molar refractivity (Wildman–Crippen MR) is 74.3 cm³/mol. The molecule has 0 unspecified atom stereocenters. The molecule has 1 aromatic rings. The zero-order chi connectivity index (χ0) is 17.5. The summed E-state index contributed by atoms with van der Waals surface area (Å²) in [6, 6.07) is 5.85. The molecule has 1 heterocycles. The third kappa shape index (κ3) is 7.09. The van der Waals surface area contributed by atoms with E-state index in [0.29, 0.717) is 5.69 Å². The Morgan fingerprint density at radius 1 is 1.13 bits per heavy atom. The van der Waals surface area contributed by atoms with Gasteiger partial charge in [-0.1, -0.05) is 0 Å². The minimum absolute atomic E-state index is 0.0353. The number of amides is 1. The topological polar surface area (TPSA) is 78.4 Å². The average molecular weight is 336 g/mol. The lowest BCUT2D eigenvalue weighted by molar-refractivity contribution is -0.192. The van der Waals surface area contributed by atoms with Gasteiger partial charge in [-0.25, -0.2) is 9.18 Å². The molecule has 5 nitrogen and oxygen atoms in total. The van der Waals surface area contributed by atoms with E-state index < -0.39 is 12.1 Å². The van der Waals surface area contributed by atoms with Crippen molar-refractivity contribution in [1.82, 2.24) is 5.32 Å². The lowest BCUT2D eigenvalue weighted by atomic mass is 9.97. The van der Waals surface area contributed by atoms with E-state index >= 15 is 0 Å². The molecule has 0 atom stereocenters. The van der Waals surface area contributed by atoms with Crippen molar-refractivity contribution in [2.24, 2.45) is 5.92 Å². The summed E-state index contributed by atoms with van der Waals surface area (Å²) in [4.78, 5) is 20.7. The zero-order valence-corrected chi connectivity index (χ0v) is 12.0. The summed E-state index contributed by atoms with van der Waals surface area (Å²) in [5.41, 5.74) is 0.657. The van der Waals surface area contributed by atoms with Gasteiger partial charge in [0.05, 0.1) is 0 Å². The first-order chi connectivity index (χ1) is 10.7. The quantitative estimate of drug-likeness (QED) is 0.725. The molecule has 9 heteroatoms. The van der Waals surface area contributed by atoms with Gasteiger partial charge in [0.15, 0.2) is 0 Å². The van der Waals surface area contributed by atoms with Gasteiger partial charge in [-0.05, 0) is 50.2 Å². The molecule has 0 saturated carbocycles. The molecule has 23 heavy (non-hydrogen) atoms. The Morgan fingerprint density at radius 2 is 1.61 bits per heavy atom. The minimum atomic E-state index is -5.08. The van der Waals surface area contributed by atoms with Crippen molar-refractivity contribution in [2.45, 2.75) is 19.0 Å². The first-order valence-corrected chi connectivity index (χ1v) is 6.77. The van der Waals surface area contributed by atoms with Crippen molar-refractivity contribution < 1.29 is 32.3 Å². The van der Waals surface area contributed by atoms with Crippen LogP contribution in [0.25, 0.3) is 0 Å². The number of rotatable bonds is 2. The number of benzene rings is 1. The number of carbonyl (C=O) groups is 2. The van der Waals surface area contributed by atoms with Gasteiger partial charge in [-0.15, -0.1) is 0 Å². The molecule has 0 aliphatic carbocycles. The summed E-state index contributed by atoms with van der Waals surface area (Å²) < 4.78 is 44.4. The van der Waals surface area contributed by atoms with E-state index in [0.717, 1.165) is 25.9 Å². The highest BCUT2D eigenvalue weighted by molar-refractivity contribution is 5.92. The number of carbonyl (C=O) groups excluding carboxylic acids is 1. The van der Waals surface area contributed by atoms with Crippen LogP contribution in [0.1, 0.15) is 12.8 Å². The highest BCUT2D eigenvalue weighted by atomic mass is 19.4. The molecule has 0 aromatic heterocycles. The van der Waals surface area contributed by atoms with Gasteiger partial charge < -0.3 is 15.7 Å². The highest BCUT2D eigenvalue weighted by Crippen LogP contribution is 2.16. The lowest BCUT2D eigenvalue weighted by Crippen LogP contribution is -2.34. The molecule has 0 spiro atoms. The van der Waals surface area contributed by atoms with E-state index in [9.17, 15) is 22.4 Å². The van der Waals surface area contributed by atoms with Gasteiger partial charge in [0.2, 0.25) is 5.91 Å². The van der Waals surface area contributed by atoms with Gasteiger partial charge in [-0.3, -0.25) is 4.79 Å². The molecule has 1 aliphatic rings. The van der Waals surface area contributed by atoms with Crippen LogP contribution in [-0.2, 0) is 9.59 Å². The molecule has 0 bridgehead atoms. The molecular weight excluding hydrogens is 320 g/mol. The van der Waals surface area contributed by atoms with Crippen LogP contribution in [0.2, 0.25) is 0 Å². The van der Waals surface area contributed by atoms with E-state index in [1.165, 1.54) is 12.1 Å². The number of hydrogen-bond acceptors (Lipinski definition) is 3. The van der Waals surface area contributed by atoms with Crippen LogP contribution < -0.4 is 10.6 Å². The van der Waals surface area contributed by atoms with E-state index in [-0.39, 0.29) is 17.6 Å². The Morgan fingerprint density at radius 3 is 2.04 bits per heavy atom. The number of nitrogens with one attached hydrogen (secondary N) is 2. The van der Waals surface area contributed by atoms with Gasteiger partial charge in [0.25, 0.3) is 0 Å². The van der Waals surface area contributed by atoms with Crippen LogP contribution >= 0.6 is 0 Å². The minimum Gasteiger partial charge on any atom is -0.475 e. The maximum absolute atomic E-state index is 12.7. The Bertz CT molecular complexity index is 526. The van der Waals surface area contributed by atoms with Crippen molar-refractivity contribution >= 4 is 17.6 Å². The Hall–Kier alpha value is -2.16. The number of halogens is 4. The van der Waals surface area contributed by atoms with Crippen molar-refractivity contribution in [3.63, 3.8) is 0 Å². The number of alkyl halides is 3. The molecule has 1 saturated heterocycles. The van der Waals surface area contributed by atoms with Crippen LogP contribution in [0.15, 0.2) is 24.3 Å². The Labute approximate surface area is 129 Å². The molecular formula is C14H16F4N2O3. The van der Waals surface area contributed by atoms with Gasteiger partial charge in [-0.2, -0.15) is 13.2 Å². The third-order valence-corrected chi connectivity index (χ3v) is 3.06. The van der Waals surface area contributed by atoms with Crippen molar-refractivity contribution in [2.75, 3.05) is 18.4 Å². The normalized spacial score (nSPS) is 15.3. The number of hydrogen-bond donors (Lipinski definition) is 3. The van der Waals surface area contributed by atoms with Crippen LogP contribution in [0.5, 0.6) is 0 Å². The number of carboxylic acid groups (broad SMARTS) is 1. The summed E-state index contributed by atoms with van der Waals surface area (Å²) in [7, 11) is 0. The summed E-state index contributed by atoms with van der Waals surface area (Å²) >= 11 is 0. The zero-order valence-electron chi connectivity index (χ0n) is 12.0. The third-order valence-electron chi connectivity index (χ3n) is 3.06. The first-order valence-electron chi connectivity index (χ1n) is 6.77. The second-order valence-corrected chi connectivity index (χ2v) is 4.82. The van der Waals surface area contributed by atoms with Crippen LogP contribution in [0.3, 0.4) is 0 Å². The summed E-state index contributed by atoms with van der Waals surface area (Å²) in [5.74, 6) is -2.94. The molecule has 1 amide bonds. The van der Waals surface area contributed by atoms with Gasteiger partial charge >= 0.3 is 12.1 Å². The summed E-state index contributed by atoms with van der Waals surface area (Å²) in [5, 5.41) is 13.1. The standard InChI is InChI=1S/C12H15FN2O.C2HF3O2/c13-10-1-3-11(4-2-10)15-12(16)9-5-7-14-8-6-9;3-2(4,5)1(6)7/h1-4,9,14H,5-8H2,(H,15,16);(H,6,7). The van der Waals surface area contributed by atoms with Crippen molar-refractivity contribution in [3.8, 4) is 0 Å². The fourth-order valence-electron chi connectivity index (χ4n) is 1.86. The number of aliphatic carboxylic acids is 1. The van der Waals surface area contributed by atoms with Crippen LogP contribution in [0.4, 0.5) is 23.2 Å². The monoisotopic (exact) mass is 336 g/mol. The van der Waals surface area contributed by atoms with Crippen molar-refractivity contribution in [3.05, 3.63) is 30.1 Å². The number of piperidine rings is 1. The maximum Gasteiger partial charge on any atom is 0.490 e. The maximum atomic E-state index is 12.7. The van der Waals surface area contributed by atoms with Crippen LogP contribution in [-0.4, -0.2) is 36.2 Å². The fourth-order valence-corrected chi connectivity index (χ4v) is 1.86. The Balaban J connectivity index is 0.000000322. The molecule has 0 radical (unpaired) electrons. The molecule has 128 valence electrons. The Kier molecular flexibility index (Phi) is 6.95. The first kappa shape index (κ1) is 18.9. The largest absolute Gasteiger partial charge is 0.490 e. The lowest BCUT2D eigenvalue weighted by Gasteiger charge is -2.21. The van der Waals surface area contributed by atoms with E-state index in [1.54, 1.807) is 12.1 Å². The fraction of sp³-hybridized carbons (Fsp3) is 0.429.